The Morgan fingerprint density at radius 1 is 0.857 bits per heavy atom. The van der Waals surface area contributed by atoms with E-state index in [-0.39, 0.29) is 6.61 Å². The van der Waals surface area contributed by atoms with Crippen LogP contribution in [0.1, 0.15) is 17.1 Å². The van der Waals surface area contributed by atoms with E-state index in [0.717, 1.165) is 50.5 Å². The first-order valence-electron chi connectivity index (χ1n) is 13.5. The van der Waals surface area contributed by atoms with Crippen LogP contribution < -0.4 is 4.74 Å². The van der Waals surface area contributed by atoms with Crippen molar-refractivity contribution in [3.63, 3.8) is 0 Å². The van der Waals surface area contributed by atoms with Crippen molar-refractivity contribution >= 4 is 22.9 Å². The predicted molar refractivity (Wildman–Crippen MR) is 160 cm³/mol. The average molecular weight is 555 g/mol. The van der Waals surface area contributed by atoms with Crippen molar-refractivity contribution in [1.29, 1.82) is 0 Å². The fourth-order valence-corrected chi connectivity index (χ4v) is 5.12. The van der Waals surface area contributed by atoms with Gasteiger partial charge in [-0.3, -0.25) is 0 Å². The SMILES string of the molecule is COc1ccc(/C=N/OCc2nc3c4c(-c5ccccc5)c(-c5ccccc5)n(Cc5ccco5)c4ncn3n2)cc1. The van der Waals surface area contributed by atoms with Gasteiger partial charge < -0.3 is 18.6 Å². The molecule has 9 heteroatoms. The van der Waals surface area contributed by atoms with E-state index in [1.165, 1.54) is 0 Å². The largest absolute Gasteiger partial charge is 0.497 e. The zero-order valence-electron chi connectivity index (χ0n) is 22.8. The van der Waals surface area contributed by atoms with E-state index in [4.69, 9.17) is 24.0 Å². The fourth-order valence-electron chi connectivity index (χ4n) is 5.12. The second kappa shape index (κ2) is 11.1. The number of benzene rings is 3. The van der Waals surface area contributed by atoms with Crippen LogP contribution in [0.3, 0.4) is 0 Å². The van der Waals surface area contributed by atoms with Gasteiger partial charge in [-0.1, -0.05) is 65.8 Å². The molecule has 0 aliphatic heterocycles. The maximum absolute atomic E-state index is 5.76. The highest BCUT2D eigenvalue weighted by Crippen LogP contribution is 2.42. The second-order valence-electron chi connectivity index (χ2n) is 9.64. The summed E-state index contributed by atoms with van der Waals surface area (Å²) in [5.41, 5.74) is 6.54. The van der Waals surface area contributed by atoms with Gasteiger partial charge in [-0.15, -0.1) is 5.10 Å². The molecule has 0 atom stereocenters. The Kier molecular flexibility index (Phi) is 6.65. The minimum atomic E-state index is 0.106. The number of oxime groups is 1. The second-order valence-corrected chi connectivity index (χ2v) is 9.64. The molecule has 0 aliphatic carbocycles. The molecular weight excluding hydrogens is 528 g/mol. The highest BCUT2D eigenvalue weighted by Gasteiger charge is 2.25. The number of aromatic nitrogens is 5. The van der Waals surface area contributed by atoms with Crippen molar-refractivity contribution in [2.24, 2.45) is 5.16 Å². The first-order valence-corrected chi connectivity index (χ1v) is 13.5. The van der Waals surface area contributed by atoms with Crippen LogP contribution in [0, 0.1) is 0 Å². The molecular formula is C33H26N6O3. The molecule has 0 aliphatic rings. The van der Waals surface area contributed by atoms with E-state index in [2.05, 4.69) is 39.1 Å². The van der Waals surface area contributed by atoms with Gasteiger partial charge in [-0.25, -0.2) is 14.5 Å². The Labute approximate surface area is 241 Å². The number of ether oxygens (including phenoxy) is 1. The maximum atomic E-state index is 5.76. The van der Waals surface area contributed by atoms with Gasteiger partial charge in [0.25, 0.3) is 0 Å². The Bertz CT molecular complexity index is 1980. The highest BCUT2D eigenvalue weighted by atomic mass is 16.6. The minimum Gasteiger partial charge on any atom is -0.497 e. The molecule has 0 radical (unpaired) electrons. The third-order valence-corrected chi connectivity index (χ3v) is 7.01. The molecule has 206 valence electrons. The molecule has 0 amide bonds. The van der Waals surface area contributed by atoms with Gasteiger partial charge in [0.15, 0.2) is 18.1 Å². The van der Waals surface area contributed by atoms with Crippen LogP contribution in [0.15, 0.2) is 119 Å². The first-order chi connectivity index (χ1) is 20.8. The molecule has 7 aromatic rings. The van der Waals surface area contributed by atoms with Crippen LogP contribution in [0.25, 0.3) is 39.1 Å². The van der Waals surface area contributed by atoms with Crippen LogP contribution in [-0.2, 0) is 18.0 Å². The lowest BCUT2D eigenvalue weighted by molar-refractivity contribution is 0.126. The summed E-state index contributed by atoms with van der Waals surface area (Å²) in [7, 11) is 1.64. The Morgan fingerprint density at radius 3 is 2.33 bits per heavy atom. The molecule has 0 unspecified atom stereocenters. The van der Waals surface area contributed by atoms with Crippen LogP contribution in [0.5, 0.6) is 5.75 Å². The lowest BCUT2D eigenvalue weighted by atomic mass is 9.99. The molecule has 0 fully saturated rings. The quantitative estimate of drug-likeness (QED) is 0.147. The number of nitrogens with zero attached hydrogens (tertiary/aromatic N) is 6. The number of furan rings is 1. The van der Waals surface area contributed by atoms with Gasteiger partial charge in [0, 0.05) is 5.56 Å². The molecule has 0 N–H and O–H groups in total. The van der Waals surface area contributed by atoms with Gasteiger partial charge in [-0.05, 0) is 53.1 Å². The number of rotatable bonds is 9. The topological polar surface area (TPSA) is 92.0 Å². The van der Waals surface area contributed by atoms with Crippen molar-refractivity contribution in [3.8, 4) is 28.1 Å². The van der Waals surface area contributed by atoms with Crippen LogP contribution >= 0.6 is 0 Å². The third-order valence-electron chi connectivity index (χ3n) is 7.01. The van der Waals surface area contributed by atoms with Gasteiger partial charge >= 0.3 is 0 Å². The monoisotopic (exact) mass is 554 g/mol. The molecule has 0 bridgehead atoms. The lowest BCUT2D eigenvalue weighted by Crippen LogP contribution is -2.03. The highest BCUT2D eigenvalue weighted by molar-refractivity contribution is 6.09. The van der Waals surface area contributed by atoms with Gasteiger partial charge in [0.2, 0.25) is 0 Å². The zero-order chi connectivity index (χ0) is 28.3. The zero-order valence-corrected chi connectivity index (χ0v) is 22.8. The number of hydrogen-bond donors (Lipinski definition) is 0. The summed E-state index contributed by atoms with van der Waals surface area (Å²) in [5, 5.41) is 9.65. The van der Waals surface area contributed by atoms with E-state index >= 15 is 0 Å². The molecule has 0 saturated carbocycles. The molecule has 4 aromatic heterocycles. The van der Waals surface area contributed by atoms with Gasteiger partial charge in [-0.2, -0.15) is 0 Å². The smallest absolute Gasteiger partial charge is 0.192 e. The molecule has 0 saturated heterocycles. The molecule has 42 heavy (non-hydrogen) atoms. The molecule has 7 rings (SSSR count). The number of hydrogen-bond acceptors (Lipinski definition) is 7. The summed E-state index contributed by atoms with van der Waals surface area (Å²) in [4.78, 5) is 15.4. The van der Waals surface area contributed by atoms with Crippen LogP contribution in [0.2, 0.25) is 0 Å². The molecule has 3 aromatic carbocycles. The van der Waals surface area contributed by atoms with Crippen LogP contribution in [0.4, 0.5) is 0 Å². The number of methoxy groups -OCH3 is 1. The Hall–Kier alpha value is -5.70. The van der Waals surface area contributed by atoms with E-state index in [1.807, 2.05) is 72.8 Å². The predicted octanol–water partition coefficient (Wildman–Crippen LogP) is 6.61. The van der Waals surface area contributed by atoms with Gasteiger partial charge in [0.05, 0.1) is 37.2 Å². The van der Waals surface area contributed by atoms with Crippen molar-refractivity contribution < 1.29 is 14.0 Å². The average Bonchev–Trinajstić information content (AvgIpc) is 3.78. The van der Waals surface area contributed by atoms with E-state index in [1.54, 1.807) is 30.4 Å². The van der Waals surface area contributed by atoms with Crippen molar-refractivity contribution in [3.05, 3.63) is 127 Å². The summed E-state index contributed by atoms with van der Waals surface area (Å²) < 4.78 is 14.9. The summed E-state index contributed by atoms with van der Waals surface area (Å²) in [5.74, 6) is 2.11. The van der Waals surface area contributed by atoms with Crippen molar-refractivity contribution in [2.75, 3.05) is 7.11 Å². The lowest BCUT2D eigenvalue weighted by Gasteiger charge is -2.11. The number of fused-ring (bicyclic) bond motifs is 3. The first kappa shape index (κ1) is 25.3. The van der Waals surface area contributed by atoms with Crippen molar-refractivity contribution in [2.45, 2.75) is 13.2 Å². The standard InChI is InChI=1S/C33H26N6O3/c1-40-26-16-14-23(15-17-26)19-35-42-21-28-36-33-30-29(24-9-4-2-5-10-24)31(25-11-6-3-7-12-25)38(20-27-13-8-18-41-27)32(30)34-22-39(33)37-28/h2-19,22H,20-21H2,1H3/b35-19+. The summed E-state index contributed by atoms with van der Waals surface area (Å²) in [6.07, 6.45) is 5.02. The Balaban J connectivity index is 1.34. The normalized spacial score (nSPS) is 11.5. The summed E-state index contributed by atoms with van der Waals surface area (Å²) >= 11 is 0. The van der Waals surface area contributed by atoms with E-state index in [9.17, 15) is 0 Å². The Morgan fingerprint density at radius 2 is 1.62 bits per heavy atom. The molecule has 0 spiro atoms. The maximum Gasteiger partial charge on any atom is 0.192 e. The van der Waals surface area contributed by atoms with Crippen LogP contribution in [-0.4, -0.2) is 37.5 Å². The summed E-state index contributed by atoms with van der Waals surface area (Å²) in [6, 6.07) is 32.0. The van der Waals surface area contributed by atoms with Gasteiger partial charge in [0.1, 0.15) is 23.5 Å². The fraction of sp³-hybridized carbons (Fsp3) is 0.0909. The summed E-state index contributed by atoms with van der Waals surface area (Å²) in [6.45, 7) is 0.614. The van der Waals surface area contributed by atoms with E-state index in [0.29, 0.717) is 18.0 Å². The molecule has 4 heterocycles. The third kappa shape index (κ3) is 4.77. The van der Waals surface area contributed by atoms with E-state index < -0.39 is 0 Å². The molecule has 9 nitrogen and oxygen atoms in total. The van der Waals surface area contributed by atoms with Crippen molar-refractivity contribution in [1.82, 2.24) is 24.1 Å². The minimum absolute atomic E-state index is 0.106.